The third kappa shape index (κ3) is 2.79. The summed E-state index contributed by atoms with van der Waals surface area (Å²) in [5.41, 5.74) is 7.15. The lowest BCUT2D eigenvalue weighted by molar-refractivity contribution is 0.0948. The van der Waals surface area contributed by atoms with Crippen LogP contribution in [-0.2, 0) is 6.54 Å². The molecular weight excluding hydrogens is 228 g/mol. The molecule has 2 aromatic carbocycles. The molecule has 0 fully saturated rings. The number of carbonyl (C=O) groups excluding carboxylic acids is 1. The molecule has 2 aromatic rings. The second kappa shape index (κ2) is 5.23. The minimum atomic E-state index is -0.323. The summed E-state index contributed by atoms with van der Waals surface area (Å²) in [7, 11) is 0. The van der Waals surface area contributed by atoms with Crippen molar-refractivity contribution in [2.45, 2.75) is 6.54 Å². The zero-order valence-electron chi connectivity index (χ0n) is 9.76. The average molecular weight is 242 g/mol. The van der Waals surface area contributed by atoms with Gasteiger partial charge in [0.05, 0.1) is 5.56 Å². The molecule has 0 bridgehead atoms. The summed E-state index contributed by atoms with van der Waals surface area (Å²) >= 11 is 0. The van der Waals surface area contributed by atoms with Crippen molar-refractivity contribution < 1.29 is 9.90 Å². The number of hydrogen-bond donors (Lipinski definition) is 3. The maximum atomic E-state index is 11.8. The Morgan fingerprint density at radius 3 is 2.56 bits per heavy atom. The van der Waals surface area contributed by atoms with E-state index < -0.39 is 0 Å². The SMILES string of the molecule is Nc1ccc(C(=O)NCc2ccccc2)c(O)c1. The number of nitrogens with one attached hydrogen (secondary N) is 1. The van der Waals surface area contributed by atoms with Gasteiger partial charge >= 0.3 is 0 Å². The minimum Gasteiger partial charge on any atom is -0.507 e. The molecule has 0 spiro atoms. The van der Waals surface area contributed by atoms with Crippen molar-refractivity contribution in [3.05, 3.63) is 59.7 Å². The van der Waals surface area contributed by atoms with Gasteiger partial charge in [0.15, 0.2) is 0 Å². The van der Waals surface area contributed by atoms with Crippen molar-refractivity contribution in [3.8, 4) is 5.75 Å². The van der Waals surface area contributed by atoms with Crippen molar-refractivity contribution in [1.29, 1.82) is 0 Å². The third-order valence-corrected chi connectivity index (χ3v) is 2.56. The number of rotatable bonds is 3. The lowest BCUT2D eigenvalue weighted by Gasteiger charge is -2.07. The van der Waals surface area contributed by atoms with E-state index in [0.717, 1.165) is 5.56 Å². The van der Waals surface area contributed by atoms with Gasteiger partial charge in [0.1, 0.15) is 5.75 Å². The molecule has 4 heteroatoms. The fourth-order valence-corrected chi connectivity index (χ4v) is 1.61. The first-order valence-corrected chi connectivity index (χ1v) is 5.57. The van der Waals surface area contributed by atoms with Crippen molar-refractivity contribution in [2.75, 3.05) is 5.73 Å². The number of anilines is 1. The summed E-state index contributed by atoms with van der Waals surface area (Å²) in [6, 6.07) is 14.0. The summed E-state index contributed by atoms with van der Waals surface area (Å²) in [6.07, 6.45) is 0. The van der Waals surface area contributed by atoms with Crippen molar-refractivity contribution in [2.24, 2.45) is 0 Å². The molecule has 4 nitrogen and oxygen atoms in total. The third-order valence-electron chi connectivity index (χ3n) is 2.56. The fourth-order valence-electron chi connectivity index (χ4n) is 1.61. The van der Waals surface area contributed by atoms with Gasteiger partial charge in [-0.25, -0.2) is 0 Å². The highest BCUT2D eigenvalue weighted by Crippen LogP contribution is 2.19. The molecule has 0 heterocycles. The first-order valence-electron chi connectivity index (χ1n) is 5.57. The molecule has 0 saturated carbocycles. The van der Waals surface area contributed by atoms with Crippen molar-refractivity contribution >= 4 is 11.6 Å². The number of hydrogen-bond acceptors (Lipinski definition) is 3. The van der Waals surface area contributed by atoms with E-state index in [9.17, 15) is 9.90 Å². The van der Waals surface area contributed by atoms with E-state index >= 15 is 0 Å². The van der Waals surface area contributed by atoms with E-state index in [1.807, 2.05) is 30.3 Å². The summed E-state index contributed by atoms with van der Waals surface area (Å²) in [5.74, 6) is -0.433. The summed E-state index contributed by atoms with van der Waals surface area (Å²) in [4.78, 5) is 11.8. The summed E-state index contributed by atoms with van der Waals surface area (Å²) < 4.78 is 0. The molecule has 4 N–H and O–H groups in total. The molecular formula is C14H14N2O2. The predicted molar refractivity (Wildman–Crippen MR) is 70.1 cm³/mol. The van der Waals surface area contributed by atoms with Crippen LogP contribution < -0.4 is 11.1 Å². The van der Waals surface area contributed by atoms with Crippen LogP contribution in [0.25, 0.3) is 0 Å². The number of nitrogens with two attached hydrogens (primary N) is 1. The average Bonchev–Trinajstić information content (AvgIpc) is 2.37. The van der Waals surface area contributed by atoms with Gasteiger partial charge in [-0.05, 0) is 17.7 Å². The molecule has 18 heavy (non-hydrogen) atoms. The molecule has 92 valence electrons. The van der Waals surface area contributed by atoms with Crippen LogP contribution in [0.3, 0.4) is 0 Å². The number of phenolic OH excluding ortho intramolecular Hbond substituents is 1. The van der Waals surface area contributed by atoms with Crippen LogP contribution in [0.5, 0.6) is 5.75 Å². The Labute approximate surface area is 105 Å². The van der Waals surface area contributed by atoms with Crippen LogP contribution in [0.15, 0.2) is 48.5 Å². The van der Waals surface area contributed by atoms with E-state index in [-0.39, 0.29) is 17.2 Å². The number of phenols is 1. The topological polar surface area (TPSA) is 75.4 Å². The Kier molecular flexibility index (Phi) is 3.48. The van der Waals surface area contributed by atoms with E-state index in [1.54, 1.807) is 6.07 Å². The van der Waals surface area contributed by atoms with Gasteiger partial charge in [-0.15, -0.1) is 0 Å². The Morgan fingerprint density at radius 2 is 1.89 bits per heavy atom. The van der Waals surface area contributed by atoms with E-state index in [1.165, 1.54) is 12.1 Å². The van der Waals surface area contributed by atoms with Crippen LogP contribution in [-0.4, -0.2) is 11.0 Å². The molecule has 2 rings (SSSR count). The summed E-state index contributed by atoms with van der Waals surface area (Å²) in [6.45, 7) is 0.420. The van der Waals surface area contributed by atoms with E-state index in [4.69, 9.17) is 5.73 Å². The smallest absolute Gasteiger partial charge is 0.255 e. The van der Waals surface area contributed by atoms with Crippen molar-refractivity contribution in [1.82, 2.24) is 5.32 Å². The number of carbonyl (C=O) groups is 1. The maximum absolute atomic E-state index is 11.8. The second-order valence-electron chi connectivity index (χ2n) is 3.94. The number of nitrogen functional groups attached to an aromatic ring is 1. The molecule has 0 aromatic heterocycles. The highest BCUT2D eigenvalue weighted by atomic mass is 16.3. The number of amides is 1. The molecule has 0 aliphatic carbocycles. The predicted octanol–water partition coefficient (Wildman–Crippen LogP) is 1.90. The summed E-state index contributed by atoms with van der Waals surface area (Å²) in [5, 5.41) is 12.4. The van der Waals surface area contributed by atoms with Crippen molar-refractivity contribution in [3.63, 3.8) is 0 Å². The van der Waals surface area contributed by atoms with Gasteiger partial charge in [0.2, 0.25) is 0 Å². The number of benzene rings is 2. The van der Waals surface area contributed by atoms with Gasteiger partial charge in [0, 0.05) is 18.3 Å². The van der Waals surface area contributed by atoms with Crippen LogP contribution >= 0.6 is 0 Å². The highest BCUT2D eigenvalue weighted by Gasteiger charge is 2.10. The van der Waals surface area contributed by atoms with E-state index in [2.05, 4.69) is 5.32 Å². The lowest BCUT2D eigenvalue weighted by Crippen LogP contribution is -2.22. The highest BCUT2D eigenvalue weighted by molar-refractivity contribution is 5.97. The quantitative estimate of drug-likeness (QED) is 0.719. The molecule has 0 aliphatic heterocycles. The lowest BCUT2D eigenvalue weighted by atomic mass is 10.1. The first kappa shape index (κ1) is 12.0. The molecule has 0 aliphatic rings. The molecule has 0 atom stereocenters. The van der Waals surface area contributed by atoms with Gasteiger partial charge in [-0.1, -0.05) is 30.3 Å². The normalized spacial score (nSPS) is 10.0. The fraction of sp³-hybridized carbons (Fsp3) is 0.0714. The molecule has 0 radical (unpaired) electrons. The van der Waals surface area contributed by atoms with Crippen LogP contribution in [0, 0.1) is 0 Å². The van der Waals surface area contributed by atoms with Crippen LogP contribution in [0.2, 0.25) is 0 Å². The Hall–Kier alpha value is -2.49. The van der Waals surface area contributed by atoms with Gasteiger partial charge < -0.3 is 16.2 Å². The maximum Gasteiger partial charge on any atom is 0.255 e. The monoisotopic (exact) mass is 242 g/mol. The van der Waals surface area contributed by atoms with Gasteiger partial charge in [-0.2, -0.15) is 0 Å². The largest absolute Gasteiger partial charge is 0.507 e. The standard InChI is InChI=1S/C14H14N2O2/c15-11-6-7-12(13(17)8-11)14(18)16-9-10-4-2-1-3-5-10/h1-8,17H,9,15H2,(H,16,18). The molecule has 0 unspecified atom stereocenters. The van der Waals surface area contributed by atoms with Crippen LogP contribution in [0.4, 0.5) is 5.69 Å². The minimum absolute atomic E-state index is 0.111. The van der Waals surface area contributed by atoms with Gasteiger partial charge in [-0.3, -0.25) is 4.79 Å². The van der Waals surface area contributed by atoms with E-state index in [0.29, 0.717) is 12.2 Å². The first-order chi connectivity index (χ1) is 8.66. The molecule has 1 amide bonds. The Bertz CT molecular complexity index is 553. The number of aromatic hydroxyl groups is 1. The Balaban J connectivity index is 2.04. The Morgan fingerprint density at radius 1 is 1.17 bits per heavy atom. The van der Waals surface area contributed by atoms with Gasteiger partial charge in [0.25, 0.3) is 5.91 Å². The zero-order chi connectivity index (χ0) is 13.0. The van der Waals surface area contributed by atoms with Crippen LogP contribution in [0.1, 0.15) is 15.9 Å². The molecule has 0 saturated heterocycles. The second-order valence-corrected chi connectivity index (χ2v) is 3.94. The zero-order valence-corrected chi connectivity index (χ0v) is 9.76.